The molecule has 2 fully saturated rings. The minimum Gasteiger partial charge on any atom is -0.465 e. The lowest BCUT2D eigenvalue weighted by Gasteiger charge is -2.34. The number of pyridine rings is 1. The second-order valence-corrected chi connectivity index (χ2v) is 7.02. The second-order valence-electron chi connectivity index (χ2n) is 7.02. The summed E-state index contributed by atoms with van der Waals surface area (Å²) in [5.41, 5.74) is 0.657. The van der Waals surface area contributed by atoms with Gasteiger partial charge in [0.05, 0.1) is 0 Å². The predicted molar refractivity (Wildman–Crippen MR) is 101 cm³/mol. The number of rotatable bonds is 2. The van der Waals surface area contributed by atoms with Crippen LogP contribution in [0.5, 0.6) is 0 Å². The van der Waals surface area contributed by atoms with Gasteiger partial charge in [-0.05, 0) is 36.1 Å². The number of benzene rings is 1. The van der Waals surface area contributed by atoms with E-state index in [-0.39, 0.29) is 17.9 Å². The van der Waals surface area contributed by atoms with Crippen LogP contribution in [0.3, 0.4) is 0 Å². The summed E-state index contributed by atoms with van der Waals surface area (Å²) < 4.78 is 1.38. The van der Waals surface area contributed by atoms with Crippen molar-refractivity contribution in [2.45, 2.75) is 18.9 Å². The maximum absolute atomic E-state index is 12.9. The number of piperidine rings is 1. The van der Waals surface area contributed by atoms with E-state index in [2.05, 4.69) is 10.2 Å². The molecule has 9 heteroatoms. The Hall–Kier alpha value is -3.36. The Morgan fingerprint density at radius 3 is 2.50 bits per heavy atom. The summed E-state index contributed by atoms with van der Waals surface area (Å²) in [4.78, 5) is 50.8. The molecule has 0 spiro atoms. The number of nitrogens with zero attached hydrogens (tertiary/aromatic N) is 3. The number of nitrogens with one attached hydrogen (secondary N) is 1. The number of amides is 3. The van der Waals surface area contributed by atoms with Gasteiger partial charge in [0, 0.05) is 49.9 Å². The van der Waals surface area contributed by atoms with E-state index in [0.29, 0.717) is 38.0 Å². The molecule has 2 aromatic rings. The molecule has 146 valence electrons. The molecule has 3 heterocycles. The summed E-state index contributed by atoms with van der Waals surface area (Å²) in [6, 6.07) is 6.59. The summed E-state index contributed by atoms with van der Waals surface area (Å²) in [5, 5.41) is 12.6. The van der Waals surface area contributed by atoms with Crippen LogP contribution in [0.4, 0.5) is 10.5 Å². The normalized spacial score (nSPS) is 20.4. The van der Waals surface area contributed by atoms with Gasteiger partial charge in [-0.3, -0.25) is 19.7 Å². The molecular formula is C19H20N4O5. The third kappa shape index (κ3) is 3.19. The van der Waals surface area contributed by atoms with Crippen LogP contribution in [0.2, 0.25) is 0 Å². The third-order valence-electron chi connectivity index (χ3n) is 5.38. The molecule has 1 aromatic carbocycles. The van der Waals surface area contributed by atoms with Crippen molar-refractivity contribution in [2.75, 3.05) is 31.1 Å². The Bertz CT molecular complexity index is 1020. The number of carbonyl (C=O) groups is 3. The van der Waals surface area contributed by atoms with Crippen molar-refractivity contribution >= 4 is 34.4 Å². The average Bonchev–Trinajstić information content (AvgIpc) is 2.69. The van der Waals surface area contributed by atoms with E-state index in [1.54, 1.807) is 18.3 Å². The molecule has 1 aromatic heterocycles. The molecule has 0 radical (unpaired) electrons. The van der Waals surface area contributed by atoms with Crippen molar-refractivity contribution in [3.63, 3.8) is 0 Å². The number of carbonyl (C=O) groups excluding carboxylic acids is 2. The highest BCUT2D eigenvalue weighted by atomic mass is 16.4. The molecule has 2 N–H and O–H groups in total. The molecule has 3 amide bonds. The van der Waals surface area contributed by atoms with Crippen molar-refractivity contribution in [3.8, 4) is 0 Å². The molecule has 2 aliphatic rings. The summed E-state index contributed by atoms with van der Waals surface area (Å²) in [7, 11) is 0. The number of anilines is 1. The van der Waals surface area contributed by atoms with Crippen molar-refractivity contribution < 1.29 is 19.5 Å². The van der Waals surface area contributed by atoms with Gasteiger partial charge in [-0.25, -0.2) is 4.79 Å². The Kier molecular flexibility index (Phi) is 4.50. The van der Waals surface area contributed by atoms with Gasteiger partial charge < -0.3 is 19.5 Å². The van der Waals surface area contributed by atoms with Crippen LogP contribution in [0.15, 0.2) is 35.3 Å². The first-order valence-electron chi connectivity index (χ1n) is 9.15. The van der Waals surface area contributed by atoms with E-state index in [4.69, 9.17) is 5.11 Å². The van der Waals surface area contributed by atoms with Crippen molar-refractivity contribution in [1.29, 1.82) is 0 Å². The van der Waals surface area contributed by atoms with Crippen LogP contribution in [-0.2, 0) is 9.59 Å². The summed E-state index contributed by atoms with van der Waals surface area (Å²) in [6.07, 6.45) is 1.20. The van der Waals surface area contributed by atoms with Crippen LogP contribution in [-0.4, -0.2) is 58.7 Å². The maximum Gasteiger partial charge on any atom is 0.407 e. The fraction of sp³-hybridized carbons (Fsp3) is 0.368. The van der Waals surface area contributed by atoms with Crippen LogP contribution >= 0.6 is 0 Å². The van der Waals surface area contributed by atoms with Gasteiger partial charge in [0.25, 0.3) is 5.56 Å². The number of fused-ring (bicyclic) bond motifs is 1. The summed E-state index contributed by atoms with van der Waals surface area (Å²) in [6.45, 7) is 2.05. The molecule has 2 aliphatic heterocycles. The van der Waals surface area contributed by atoms with Crippen LogP contribution in [0.1, 0.15) is 18.9 Å². The molecule has 0 bridgehead atoms. The topological polar surface area (TPSA) is 112 Å². The number of imide groups is 1. The fourth-order valence-electron chi connectivity index (χ4n) is 3.80. The lowest BCUT2D eigenvalue weighted by Crippen LogP contribution is -2.48. The maximum atomic E-state index is 12.9. The number of aromatic nitrogens is 1. The molecule has 2 saturated heterocycles. The second kappa shape index (κ2) is 6.99. The average molecular weight is 384 g/mol. The van der Waals surface area contributed by atoms with Crippen LogP contribution in [0, 0.1) is 0 Å². The van der Waals surface area contributed by atoms with Gasteiger partial charge in [0.2, 0.25) is 11.8 Å². The van der Waals surface area contributed by atoms with E-state index in [1.165, 1.54) is 9.47 Å². The number of hydrogen-bond donors (Lipinski definition) is 2. The lowest BCUT2D eigenvalue weighted by atomic mass is 10.0. The van der Waals surface area contributed by atoms with E-state index < -0.39 is 18.0 Å². The quantitative estimate of drug-likeness (QED) is 0.740. The number of carboxylic acid groups (broad SMARTS) is 1. The zero-order valence-electron chi connectivity index (χ0n) is 15.1. The first-order chi connectivity index (χ1) is 13.4. The van der Waals surface area contributed by atoms with Crippen molar-refractivity contribution in [1.82, 2.24) is 14.8 Å². The largest absolute Gasteiger partial charge is 0.465 e. The zero-order chi connectivity index (χ0) is 19.8. The Labute approximate surface area is 160 Å². The first-order valence-corrected chi connectivity index (χ1v) is 9.15. The Morgan fingerprint density at radius 2 is 1.82 bits per heavy atom. The third-order valence-corrected chi connectivity index (χ3v) is 5.38. The van der Waals surface area contributed by atoms with E-state index in [1.807, 2.05) is 12.1 Å². The standard InChI is InChI=1S/C19H20N4O5/c24-16-4-3-15(17(25)20-16)23-6-5-12-11-13(1-2-14(12)18(23)26)21-7-9-22(10-8-21)19(27)28/h1-2,5-6,11,15H,3-4,7-10H2,(H,27,28)(H,20,24,25). The minimum absolute atomic E-state index is 0.210. The number of piperazine rings is 1. The Balaban J connectivity index is 1.60. The monoisotopic (exact) mass is 384 g/mol. The van der Waals surface area contributed by atoms with E-state index in [0.717, 1.165) is 11.1 Å². The van der Waals surface area contributed by atoms with Crippen molar-refractivity contribution in [3.05, 3.63) is 40.8 Å². The molecule has 28 heavy (non-hydrogen) atoms. The smallest absolute Gasteiger partial charge is 0.407 e. The molecule has 0 saturated carbocycles. The molecule has 1 unspecified atom stereocenters. The van der Waals surface area contributed by atoms with Gasteiger partial charge in [-0.1, -0.05) is 0 Å². The molecular weight excluding hydrogens is 364 g/mol. The van der Waals surface area contributed by atoms with Gasteiger partial charge in [-0.2, -0.15) is 0 Å². The van der Waals surface area contributed by atoms with Gasteiger partial charge >= 0.3 is 6.09 Å². The van der Waals surface area contributed by atoms with Gasteiger partial charge in [-0.15, -0.1) is 0 Å². The molecule has 1 atom stereocenters. The highest BCUT2D eigenvalue weighted by Gasteiger charge is 2.29. The highest BCUT2D eigenvalue weighted by Crippen LogP contribution is 2.23. The zero-order valence-corrected chi connectivity index (χ0v) is 15.1. The van der Waals surface area contributed by atoms with E-state index >= 15 is 0 Å². The molecule has 4 rings (SSSR count). The van der Waals surface area contributed by atoms with E-state index in [9.17, 15) is 19.2 Å². The fourth-order valence-corrected chi connectivity index (χ4v) is 3.80. The summed E-state index contributed by atoms with van der Waals surface area (Å²) in [5.74, 6) is -0.770. The first kappa shape index (κ1) is 18.0. The number of hydrogen-bond acceptors (Lipinski definition) is 5. The summed E-state index contributed by atoms with van der Waals surface area (Å²) >= 11 is 0. The molecule has 0 aliphatic carbocycles. The van der Waals surface area contributed by atoms with Gasteiger partial charge in [0.15, 0.2) is 0 Å². The molecule has 9 nitrogen and oxygen atoms in total. The SMILES string of the molecule is O=C1CCC(n2ccc3cc(N4CCN(C(=O)O)CC4)ccc3c2=O)C(=O)N1. The highest BCUT2D eigenvalue weighted by molar-refractivity contribution is 5.99. The van der Waals surface area contributed by atoms with Crippen LogP contribution < -0.4 is 15.8 Å². The minimum atomic E-state index is -0.910. The van der Waals surface area contributed by atoms with Gasteiger partial charge in [0.1, 0.15) is 6.04 Å². The predicted octanol–water partition coefficient (Wildman–Crippen LogP) is 0.779. The lowest BCUT2D eigenvalue weighted by molar-refractivity contribution is -0.135. The van der Waals surface area contributed by atoms with Crippen LogP contribution in [0.25, 0.3) is 10.8 Å². The van der Waals surface area contributed by atoms with Crippen molar-refractivity contribution in [2.24, 2.45) is 0 Å². The Morgan fingerprint density at radius 1 is 1.07 bits per heavy atom.